The molecule has 0 unspecified atom stereocenters. The van der Waals surface area contributed by atoms with E-state index in [1.807, 2.05) is 50.2 Å². The Morgan fingerprint density at radius 2 is 1.74 bits per heavy atom. The van der Waals surface area contributed by atoms with Crippen LogP contribution in [0.2, 0.25) is 0 Å². The number of hydrogen-bond acceptors (Lipinski definition) is 4. The van der Waals surface area contributed by atoms with Crippen LogP contribution in [0.1, 0.15) is 50.5 Å². The largest absolute Gasteiger partial charge is 0.449 e. The number of amides is 1. The zero-order chi connectivity index (χ0) is 19.6. The lowest BCUT2D eigenvalue weighted by Crippen LogP contribution is -2.29. The van der Waals surface area contributed by atoms with Gasteiger partial charge in [0, 0.05) is 43.8 Å². The maximum atomic E-state index is 12.5. The molecule has 5 nitrogen and oxygen atoms in total. The van der Waals surface area contributed by atoms with Crippen molar-refractivity contribution in [2.75, 3.05) is 11.9 Å². The Kier molecular flexibility index (Phi) is 5.42. The molecular weight excluding hydrogens is 340 g/mol. The van der Waals surface area contributed by atoms with Crippen LogP contribution in [0.3, 0.4) is 0 Å². The van der Waals surface area contributed by atoms with E-state index in [-0.39, 0.29) is 5.91 Å². The molecule has 2 aromatic rings. The van der Waals surface area contributed by atoms with Crippen LogP contribution in [0, 0.1) is 0 Å². The van der Waals surface area contributed by atoms with Crippen molar-refractivity contribution in [3.05, 3.63) is 53.6 Å². The molecule has 27 heavy (non-hydrogen) atoms. The first-order valence-electron chi connectivity index (χ1n) is 9.44. The molecule has 0 saturated heterocycles. The molecule has 1 heterocycles. The fourth-order valence-electron chi connectivity index (χ4n) is 3.16. The van der Waals surface area contributed by atoms with E-state index in [9.17, 15) is 4.79 Å². The lowest BCUT2D eigenvalue weighted by molar-refractivity contribution is -0.0431. The van der Waals surface area contributed by atoms with Crippen molar-refractivity contribution in [1.29, 1.82) is 0 Å². The average molecular weight is 368 g/mol. The smallest absolute Gasteiger partial charge is 0.255 e. The van der Waals surface area contributed by atoms with Crippen LogP contribution in [0.25, 0.3) is 0 Å². The highest BCUT2D eigenvalue weighted by Gasteiger charge is 2.31. The van der Waals surface area contributed by atoms with Crippen LogP contribution in [0.5, 0.6) is 11.5 Å². The first kappa shape index (κ1) is 19.2. The van der Waals surface area contributed by atoms with Crippen molar-refractivity contribution < 1.29 is 14.3 Å². The summed E-state index contributed by atoms with van der Waals surface area (Å²) >= 11 is 0. The second kappa shape index (κ2) is 7.61. The lowest BCUT2D eigenvalue weighted by atomic mass is 10.1. The molecule has 3 rings (SSSR count). The van der Waals surface area contributed by atoms with Gasteiger partial charge < -0.3 is 14.8 Å². The fraction of sp³-hybridized carbons (Fsp3) is 0.409. The monoisotopic (exact) mass is 368 g/mol. The van der Waals surface area contributed by atoms with Gasteiger partial charge in [0.05, 0.1) is 0 Å². The number of nitrogens with zero attached hydrogens (tertiary/aromatic N) is 1. The summed E-state index contributed by atoms with van der Waals surface area (Å²) in [6.45, 7) is 12.1. The molecule has 0 aromatic heterocycles. The van der Waals surface area contributed by atoms with E-state index in [2.05, 4.69) is 31.0 Å². The third-order valence-electron chi connectivity index (χ3n) is 4.65. The number of carbonyl (C=O) groups excluding carboxylic acids is 1. The third-order valence-corrected chi connectivity index (χ3v) is 4.65. The van der Waals surface area contributed by atoms with Crippen molar-refractivity contribution in [2.24, 2.45) is 0 Å². The predicted molar refractivity (Wildman–Crippen MR) is 107 cm³/mol. The third kappa shape index (κ3) is 4.61. The number of anilines is 1. The molecule has 2 aromatic carbocycles. The molecule has 0 aliphatic carbocycles. The molecule has 1 N–H and O–H groups in total. The van der Waals surface area contributed by atoms with E-state index in [1.54, 1.807) is 6.07 Å². The van der Waals surface area contributed by atoms with Crippen molar-refractivity contribution in [3.63, 3.8) is 0 Å². The molecule has 0 spiro atoms. The quantitative estimate of drug-likeness (QED) is 0.804. The molecule has 0 bridgehead atoms. The summed E-state index contributed by atoms with van der Waals surface area (Å²) in [7, 11) is 0. The molecule has 0 radical (unpaired) electrons. The molecule has 0 fully saturated rings. The number of ether oxygens (including phenoxy) is 2. The molecule has 1 aliphatic rings. The van der Waals surface area contributed by atoms with E-state index in [4.69, 9.17) is 9.47 Å². The predicted octanol–water partition coefficient (Wildman–Crippen LogP) is 4.68. The van der Waals surface area contributed by atoms with Crippen LogP contribution in [-0.2, 0) is 6.54 Å². The second-order valence-electron chi connectivity index (χ2n) is 7.57. The van der Waals surface area contributed by atoms with Crippen LogP contribution < -0.4 is 14.8 Å². The first-order chi connectivity index (χ1) is 12.8. The molecule has 1 amide bonds. The Balaban J connectivity index is 1.65. The number of carbonyl (C=O) groups is 1. The Bertz CT molecular complexity index is 813. The molecule has 0 atom stereocenters. The summed E-state index contributed by atoms with van der Waals surface area (Å²) in [4.78, 5) is 14.9. The summed E-state index contributed by atoms with van der Waals surface area (Å²) in [6.07, 6.45) is 0. The average Bonchev–Trinajstić information content (AvgIpc) is 2.92. The number of fused-ring (bicyclic) bond motifs is 1. The standard InChI is InChI=1S/C22H28N2O3/c1-6-24(15(2)3)14-16-7-9-17(10-8-16)21(25)23-18-11-12-19-20(13-18)27-22(4,5)26-19/h7-13,15H,6,14H2,1-5H3,(H,23,25). The zero-order valence-corrected chi connectivity index (χ0v) is 16.7. The Labute approximate surface area is 161 Å². The first-order valence-corrected chi connectivity index (χ1v) is 9.44. The molecule has 5 heteroatoms. The Morgan fingerprint density at radius 1 is 1.07 bits per heavy atom. The van der Waals surface area contributed by atoms with Gasteiger partial charge in [-0.05, 0) is 50.2 Å². The second-order valence-corrected chi connectivity index (χ2v) is 7.57. The zero-order valence-electron chi connectivity index (χ0n) is 16.7. The van der Waals surface area contributed by atoms with Gasteiger partial charge in [-0.25, -0.2) is 0 Å². The number of nitrogens with one attached hydrogen (secondary N) is 1. The maximum absolute atomic E-state index is 12.5. The van der Waals surface area contributed by atoms with Gasteiger partial charge in [-0.3, -0.25) is 9.69 Å². The van der Waals surface area contributed by atoms with Crippen LogP contribution >= 0.6 is 0 Å². The molecule has 1 aliphatic heterocycles. The highest BCUT2D eigenvalue weighted by molar-refractivity contribution is 6.04. The van der Waals surface area contributed by atoms with Crippen LogP contribution in [0.15, 0.2) is 42.5 Å². The van der Waals surface area contributed by atoms with Gasteiger partial charge in [0.25, 0.3) is 5.91 Å². The number of rotatable bonds is 6. The normalized spacial score (nSPS) is 14.6. The van der Waals surface area contributed by atoms with Crippen LogP contribution in [0.4, 0.5) is 5.69 Å². The van der Waals surface area contributed by atoms with Gasteiger partial charge in [0.2, 0.25) is 5.79 Å². The summed E-state index contributed by atoms with van der Waals surface area (Å²) in [5, 5.41) is 2.92. The van der Waals surface area contributed by atoms with Crippen molar-refractivity contribution in [2.45, 2.75) is 53.0 Å². The highest BCUT2D eigenvalue weighted by atomic mass is 16.7. The minimum absolute atomic E-state index is 0.143. The van der Waals surface area contributed by atoms with Crippen molar-refractivity contribution in [3.8, 4) is 11.5 Å². The lowest BCUT2D eigenvalue weighted by Gasteiger charge is -2.24. The summed E-state index contributed by atoms with van der Waals surface area (Å²) in [5.41, 5.74) is 2.51. The fourth-order valence-corrected chi connectivity index (χ4v) is 3.16. The maximum Gasteiger partial charge on any atom is 0.255 e. The van der Waals surface area contributed by atoms with Gasteiger partial charge in [-0.1, -0.05) is 19.1 Å². The van der Waals surface area contributed by atoms with Gasteiger partial charge >= 0.3 is 0 Å². The van der Waals surface area contributed by atoms with Crippen molar-refractivity contribution in [1.82, 2.24) is 4.90 Å². The van der Waals surface area contributed by atoms with E-state index in [0.717, 1.165) is 13.1 Å². The van der Waals surface area contributed by atoms with Gasteiger partial charge in [0.15, 0.2) is 11.5 Å². The van der Waals surface area contributed by atoms with Gasteiger partial charge in [0.1, 0.15) is 0 Å². The van der Waals surface area contributed by atoms with Crippen molar-refractivity contribution >= 4 is 11.6 Å². The molecule has 0 saturated carbocycles. The number of benzene rings is 2. The summed E-state index contributed by atoms with van der Waals surface area (Å²) < 4.78 is 11.4. The SMILES string of the molecule is CCN(Cc1ccc(C(=O)Nc2ccc3c(c2)OC(C)(C)O3)cc1)C(C)C. The van der Waals surface area contributed by atoms with E-state index in [1.165, 1.54) is 5.56 Å². The minimum atomic E-state index is -0.677. The van der Waals surface area contributed by atoms with Gasteiger partial charge in [-0.15, -0.1) is 0 Å². The van der Waals surface area contributed by atoms with Gasteiger partial charge in [-0.2, -0.15) is 0 Å². The topological polar surface area (TPSA) is 50.8 Å². The van der Waals surface area contributed by atoms with E-state index >= 15 is 0 Å². The summed E-state index contributed by atoms with van der Waals surface area (Å²) in [5.74, 6) is 0.508. The van der Waals surface area contributed by atoms with Crippen LogP contribution in [-0.4, -0.2) is 29.2 Å². The molecular formula is C22H28N2O3. The number of hydrogen-bond donors (Lipinski definition) is 1. The van der Waals surface area contributed by atoms with E-state index in [0.29, 0.717) is 28.8 Å². The highest BCUT2D eigenvalue weighted by Crippen LogP contribution is 2.40. The minimum Gasteiger partial charge on any atom is -0.449 e. The Morgan fingerprint density at radius 3 is 2.37 bits per heavy atom. The van der Waals surface area contributed by atoms with E-state index < -0.39 is 5.79 Å². The Hall–Kier alpha value is -2.53. The molecule has 144 valence electrons. The summed E-state index contributed by atoms with van der Waals surface area (Å²) in [6, 6.07) is 13.7.